The van der Waals surface area contributed by atoms with E-state index in [1.54, 1.807) is 12.1 Å². The van der Waals surface area contributed by atoms with Gasteiger partial charge in [0, 0.05) is 12.6 Å². The lowest BCUT2D eigenvalue weighted by atomic mass is 10.3. The number of benzene rings is 1. The quantitative estimate of drug-likeness (QED) is 0.738. The Labute approximate surface area is 99.4 Å². The summed E-state index contributed by atoms with van der Waals surface area (Å²) in [5, 5.41) is 9.34. The monoisotopic (exact) mass is 239 g/mol. The highest BCUT2D eigenvalue weighted by Gasteiger charge is 2.16. The molecule has 0 spiro atoms. The lowest BCUT2D eigenvalue weighted by Gasteiger charge is -2.13. The zero-order valence-electron chi connectivity index (χ0n) is 8.79. The maximum Gasteiger partial charge on any atom is 0.319 e. The van der Waals surface area contributed by atoms with Gasteiger partial charge < -0.3 is 16.0 Å². The van der Waals surface area contributed by atoms with Crippen LogP contribution in [0.2, 0.25) is 5.02 Å². The molecular formula is C11H14ClN3O. The van der Waals surface area contributed by atoms with Gasteiger partial charge in [-0.2, -0.15) is 0 Å². The molecule has 1 aliphatic rings. The van der Waals surface area contributed by atoms with Crippen LogP contribution in [0.1, 0.15) is 6.42 Å². The Hall–Kier alpha value is -1.26. The predicted molar refractivity (Wildman–Crippen MR) is 64.9 cm³/mol. The smallest absolute Gasteiger partial charge is 0.319 e. The van der Waals surface area contributed by atoms with Crippen molar-refractivity contribution in [1.29, 1.82) is 0 Å². The van der Waals surface area contributed by atoms with Crippen LogP contribution in [0.25, 0.3) is 0 Å². The van der Waals surface area contributed by atoms with E-state index in [1.165, 1.54) is 0 Å². The van der Waals surface area contributed by atoms with Gasteiger partial charge >= 0.3 is 6.03 Å². The van der Waals surface area contributed by atoms with Crippen molar-refractivity contribution in [2.45, 2.75) is 12.5 Å². The molecule has 0 saturated carbocycles. The highest BCUT2D eigenvalue weighted by molar-refractivity contribution is 6.33. The highest BCUT2D eigenvalue weighted by atomic mass is 35.5. The van der Waals surface area contributed by atoms with Gasteiger partial charge in [-0.25, -0.2) is 4.79 Å². The fraction of sp³-hybridized carbons (Fsp3) is 0.364. The standard InChI is InChI=1S/C11H14ClN3O/c12-9-3-1-2-4-10(9)15-11(16)14-8-5-6-13-7-8/h1-4,8,13H,5-7H2,(H2,14,15,16)/t8-/m1/s1. The Morgan fingerprint density at radius 1 is 1.44 bits per heavy atom. The number of halogens is 1. The maximum absolute atomic E-state index is 11.6. The van der Waals surface area contributed by atoms with E-state index in [4.69, 9.17) is 11.6 Å². The zero-order valence-corrected chi connectivity index (χ0v) is 9.55. The molecule has 2 amide bonds. The molecule has 1 atom stereocenters. The number of hydrogen-bond donors (Lipinski definition) is 3. The molecule has 1 aromatic rings. The zero-order chi connectivity index (χ0) is 11.4. The van der Waals surface area contributed by atoms with Gasteiger partial charge in [-0.1, -0.05) is 23.7 Å². The van der Waals surface area contributed by atoms with Crippen molar-refractivity contribution in [3.63, 3.8) is 0 Å². The fourth-order valence-corrected chi connectivity index (χ4v) is 1.87. The van der Waals surface area contributed by atoms with E-state index in [0.717, 1.165) is 19.5 Å². The Bertz CT molecular complexity index is 377. The van der Waals surface area contributed by atoms with Crippen molar-refractivity contribution in [3.05, 3.63) is 29.3 Å². The lowest BCUT2D eigenvalue weighted by molar-refractivity contribution is 0.249. The number of rotatable bonds is 2. The maximum atomic E-state index is 11.6. The highest BCUT2D eigenvalue weighted by Crippen LogP contribution is 2.20. The molecule has 4 nitrogen and oxygen atoms in total. The summed E-state index contributed by atoms with van der Waals surface area (Å²) in [7, 11) is 0. The third-order valence-electron chi connectivity index (χ3n) is 2.52. The first-order valence-electron chi connectivity index (χ1n) is 5.28. The third-order valence-corrected chi connectivity index (χ3v) is 2.85. The minimum atomic E-state index is -0.207. The van der Waals surface area contributed by atoms with Crippen LogP contribution in [-0.4, -0.2) is 25.2 Å². The molecular weight excluding hydrogens is 226 g/mol. The van der Waals surface area contributed by atoms with Gasteiger partial charge in [-0.05, 0) is 25.1 Å². The van der Waals surface area contributed by atoms with Crippen molar-refractivity contribution >= 4 is 23.3 Å². The molecule has 0 aliphatic carbocycles. The summed E-state index contributed by atoms with van der Waals surface area (Å²) < 4.78 is 0. The number of carbonyl (C=O) groups is 1. The van der Waals surface area contributed by atoms with Crippen molar-refractivity contribution in [2.24, 2.45) is 0 Å². The van der Waals surface area contributed by atoms with Gasteiger partial charge in [-0.15, -0.1) is 0 Å². The van der Waals surface area contributed by atoms with E-state index in [-0.39, 0.29) is 12.1 Å². The topological polar surface area (TPSA) is 53.2 Å². The van der Waals surface area contributed by atoms with Crippen molar-refractivity contribution in [1.82, 2.24) is 10.6 Å². The molecule has 1 fully saturated rings. The van der Waals surface area contributed by atoms with Crippen LogP contribution in [0.4, 0.5) is 10.5 Å². The number of para-hydroxylation sites is 1. The van der Waals surface area contributed by atoms with Crippen LogP contribution < -0.4 is 16.0 Å². The van der Waals surface area contributed by atoms with Crippen molar-refractivity contribution in [3.8, 4) is 0 Å². The molecule has 86 valence electrons. The third kappa shape index (κ3) is 2.87. The van der Waals surface area contributed by atoms with Crippen LogP contribution >= 0.6 is 11.6 Å². The van der Waals surface area contributed by atoms with Gasteiger partial charge in [0.25, 0.3) is 0 Å². The minimum absolute atomic E-state index is 0.207. The summed E-state index contributed by atoms with van der Waals surface area (Å²) in [6.07, 6.45) is 0.968. The molecule has 5 heteroatoms. The number of nitrogens with one attached hydrogen (secondary N) is 3. The summed E-state index contributed by atoms with van der Waals surface area (Å²) in [5.74, 6) is 0. The van der Waals surface area contributed by atoms with Crippen LogP contribution in [-0.2, 0) is 0 Å². The number of urea groups is 1. The van der Waals surface area contributed by atoms with Crippen LogP contribution in [0.15, 0.2) is 24.3 Å². The second-order valence-electron chi connectivity index (χ2n) is 3.77. The molecule has 2 rings (SSSR count). The van der Waals surface area contributed by atoms with Crippen LogP contribution in [0.5, 0.6) is 0 Å². The lowest BCUT2D eigenvalue weighted by Crippen LogP contribution is -2.39. The van der Waals surface area contributed by atoms with Gasteiger partial charge in [0.2, 0.25) is 0 Å². The number of anilines is 1. The molecule has 1 saturated heterocycles. The number of hydrogen-bond acceptors (Lipinski definition) is 2. The first-order valence-corrected chi connectivity index (χ1v) is 5.66. The average molecular weight is 240 g/mol. The number of carbonyl (C=O) groups excluding carboxylic acids is 1. The Kier molecular flexibility index (Phi) is 3.64. The van der Waals surface area contributed by atoms with Crippen LogP contribution in [0, 0.1) is 0 Å². The van der Waals surface area contributed by atoms with Gasteiger partial charge in [0.1, 0.15) is 0 Å². The van der Waals surface area contributed by atoms with Crippen molar-refractivity contribution in [2.75, 3.05) is 18.4 Å². The summed E-state index contributed by atoms with van der Waals surface area (Å²) in [4.78, 5) is 11.6. The molecule has 3 N–H and O–H groups in total. The molecule has 0 aromatic heterocycles. The summed E-state index contributed by atoms with van der Waals surface area (Å²) in [5.41, 5.74) is 0.632. The van der Waals surface area contributed by atoms with E-state index in [1.807, 2.05) is 12.1 Å². The molecule has 1 aliphatic heterocycles. The largest absolute Gasteiger partial charge is 0.334 e. The van der Waals surface area contributed by atoms with E-state index < -0.39 is 0 Å². The van der Waals surface area contributed by atoms with E-state index in [0.29, 0.717) is 10.7 Å². The predicted octanol–water partition coefficient (Wildman–Crippen LogP) is 1.82. The fourth-order valence-electron chi connectivity index (χ4n) is 1.68. The summed E-state index contributed by atoms with van der Waals surface area (Å²) in [6, 6.07) is 7.18. The molecule has 16 heavy (non-hydrogen) atoms. The second kappa shape index (κ2) is 5.18. The first-order chi connectivity index (χ1) is 7.75. The van der Waals surface area contributed by atoms with Gasteiger partial charge in [0.15, 0.2) is 0 Å². The average Bonchev–Trinajstić information content (AvgIpc) is 2.74. The summed E-state index contributed by atoms with van der Waals surface area (Å²) >= 11 is 5.93. The molecule has 0 radical (unpaired) electrons. The van der Waals surface area contributed by atoms with Crippen molar-refractivity contribution < 1.29 is 4.79 Å². The molecule has 1 aromatic carbocycles. The SMILES string of the molecule is O=C(Nc1ccccc1Cl)N[C@@H]1CCNC1. The van der Waals surface area contributed by atoms with E-state index in [2.05, 4.69) is 16.0 Å². The molecule has 0 unspecified atom stereocenters. The van der Waals surface area contributed by atoms with Crippen LogP contribution in [0.3, 0.4) is 0 Å². The number of amides is 2. The Morgan fingerprint density at radius 3 is 2.94 bits per heavy atom. The van der Waals surface area contributed by atoms with Gasteiger partial charge in [0.05, 0.1) is 10.7 Å². The normalized spacial score (nSPS) is 19.4. The van der Waals surface area contributed by atoms with E-state index >= 15 is 0 Å². The minimum Gasteiger partial charge on any atom is -0.334 e. The Morgan fingerprint density at radius 2 is 2.25 bits per heavy atom. The summed E-state index contributed by atoms with van der Waals surface area (Å²) in [6.45, 7) is 1.78. The molecule has 0 bridgehead atoms. The Balaban J connectivity index is 1.89. The first kappa shape index (κ1) is 11.2. The second-order valence-corrected chi connectivity index (χ2v) is 4.18. The van der Waals surface area contributed by atoms with Gasteiger partial charge in [-0.3, -0.25) is 0 Å². The molecule has 1 heterocycles. The van der Waals surface area contributed by atoms with E-state index in [9.17, 15) is 4.79 Å².